The number of carbonyl (C=O) groups is 1. The van der Waals surface area contributed by atoms with Gasteiger partial charge in [0, 0.05) is 22.9 Å². The molecule has 1 atom stereocenters. The van der Waals surface area contributed by atoms with Gasteiger partial charge in [-0.25, -0.2) is 0 Å². The fourth-order valence-electron chi connectivity index (χ4n) is 2.46. The molecule has 1 aliphatic rings. The van der Waals surface area contributed by atoms with E-state index in [2.05, 4.69) is 5.32 Å². The minimum atomic E-state index is -0.199. The largest absolute Gasteiger partial charge is 0.491 e. The van der Waals surface area contributed by atoms with Crippen molar-refractivity contribution in [2.75, 3.05) is 18.5 Å². The summed E-state index contributed by atoms with van der Waals surface area (Å²) >= 11 is 5.92. The Balaban J connectivity index is 1.62. The molecule has 0 aliphatic carbocycles. The Morgan fingerprint density at radius 1 is 1.26 bits per heavy atom. The number of ether oxygens (including phenoxy) is 2. The maximum Gasteiger partial charge on any atom is 0.255 e. The van der Waals surface area contributed by atoms with Crippen LogP contribution in [-0.4, -0.2) is 25.2 Å². The lowest BCUT2D eigenvalue weighted by molar-refractivity contribution is 0.0679. The highest BCUT2D eigenvalue weighted by molar-refractivity contribution is 6.30. The molecule has 4 nitrogen and oxygen atoms in total. The molecule has 1 amide bonds. The van der Waals surface area contributed by atoms with Crippen molar-refractivity contribution in [3.05, 3.63) is 59.1 Å². The molecule has 2 aromatic carbocycles. The van der Waals surface area contributed by atoms with E-state index in [1.165, 1.54) is 0 Å². The molecule has 1 aliphatic heterocycles. The van der Waals surface area contributed by atoms with E-state index in [1.54, 1.807) is 42.5 Å². The fraction of sp³-hybridized carbons (Fsp3) is 0.278. The third-order valence-electron chi connectivity index (χ3n) is 3.64. The van der Waals surface area contributed by atoms with Crippen molar-refractivity contribution in [1.82, 2.24) is 0 Å². The third-order valence-corrected chi connectivity index (χ3v) is 3.87. The Morgan fingerprint density at radius 2 is 2.13 bits per heavy atom. The first-order valence-electron chi connectivity index (χ1n) is 7.62. The molecule has 0 bridgehead atoms. The lowest BCUT2D eigenvalue weighted by Gasteiger charge is -2.12. The average Bonchev–Trinajstić information content (AvgIpc) is 3.07. The van der Waals surface area contributed by atoms with Gasteiger partial charge in [-0.15, -0.1) is 0 Å². The molecular weight excluding hydrogens is 314 g/mol. The maximum absolute atomic E-state index is 12.3. The molecule has 0 radical (unpaired) electrons. The minimum Gasteiger partial charge on any atom is -0.491 e. The van der Waals surface area contributed by atoms with Gasteiger partial charge in [-0.2, -0.15) is 0 Å². The quantitative estimate of drug-likeness (QED) is 0.895. The highest BCUT2D eigenvalue weighted by Crippen LogP contribution is 2.19. The second kappa shape index (κ2) is 7.49. The van der Waals surface area contributed by atoms with Gasteiger partial charge >= 0.3 is 0 Å². The third kappa shape index (κ3) is 4.47. The highest BCUT2D eigenvalue weighted by Gasteiger charge is 2.16. The summed E-state index contributed by atoms with van der Waals surface area (Å²) < 4.78 is 11.2. The monoisotopic (exact) mass is 331 g/mol. The molecule has 0 aromatic heterocycles. The average molecular weight is 332 g/mol. The lowest BCUT2D eigenvalue weighted by atomic mass is 10.2. The summed E-state index contributed by atoms with van der Waals surface area (Å²) in [7, 11) is 0. The summed E-state index contributed by atoms with van der Waals surface area (Å²) in [4.78, 5) is 12.3. The normalized spacial score (nSPS) is 17.0. The number of carbonyl (C=O) groups excluding carboxylic acids is 1. The van der Waals surface area contributed by atoms with Gasteiger partial charge in [0.2, 0.25) is 0 Å². The van der Waals surface area contributed by atoms with Crippen LogP contribution in [0.15, 0.2) is 48.5 Å². The highest BCUT2D eigenvalue weighted by atomic mass is 35.5. The van der Waals surface area contributed by atoms with Gasteiger partial charge in [-0.3, -0.25) is 4.79 Å². The number of amides is 1. The second-order valence-corrected chi connectivity index (χ2v) is 5.87. The van der Waals surface area contributed by atoms with Gasteiger partial charge in [0.25, 0.3) is 5.91 Å². The Bertz CT molecular complexity index is 683. The van der Waals surface area contributed by atoms with Crippen molar-refractivity contribution in [1.29, 1.82) is 0 Å². The Kier molecular flexibility index (Phi) is 5.16. The molecule has 0 saturated carbocycles. The summed E-state index contributed by atoms with van der Waals surface area (Å²) in [6.07, 6.45) is 2.25. The van der Waals surface area contributed by atoms with Crippen molar-refractivity contribution >= 4 is 23.2 Å². The van der Waals surface area contributed by atoms with E-state index >= 15 is 0 Å². The molecule has 1 saturated heterocycles. The fourth-order valence-corrected chi connectivity index (χ4v) is 2.65. The number of hydrogen-bond donors (Lipinski definition) is 1. The van der Waals surface area contributed by atoms with Crippen LogP contribution in [0.5, 0.6) is 5.75 Å². The Morgan fingerprint density at radius 3 is 2.91 bits per heavy atom. The van der Waals surface area contributed by atoms with E-state index in [0.29, 0.717) is 28.6 Å². The van der Waals surface area contributed by atoms with E-state index in [1.807, 2.05) is 6.07 Å². The molecule has 23 heavy (non-hydrogen) atoms. The van der Waals surface area contributed by atoms with Crippen molar-refractivity contribution in [2.24, 2.45) is 0 Å². The van der Waals surface area contributed by atoms with Gasteiger partial charge in [0.15, 0.2) is 0 Å². The number of rotatable bonds is 5. The number of halogens is 1. The van der Waals surface area contributed by atoms with Gasteiger partial charge in [0.05, 0.1) is 6.10 Å². The standard InChI is InChI=1S/C18H18ClNO3/c19-14-5-2-6-15(11-14)20-18(21)13-4-1-7-16(10-13)23-12-17-8-3-9-22-17/h1-2,4-7,10-11,17H,3,8-9,12H2,(H,20,21). The topological polar surface area (TPSA) is 47.6 Å². The van der Waals surface area contributed by atoms with Crippen molar-refractivity contribution in [3.8, 4) is 5.75 Å². The Hall–Kier alpha value is -2.04. The van der Waals surface area contributed by atoms with E-state index in [-0.39, 0.29) is 12.0 Å². The predicted molar refractivity (Wildman–Crippen MR) is 90.3 cm³/mol. The smallest absolute Gasteiger partial charge is 0.255 e. The van der Waals surface area contributed by atoms with Gasteiger partial charge < -0.3 is 14.8 Å². The molecule has 1 N–H and O–H groups in total. The van der Waals surface area contributed by atoms with E-state index in [4.69, 9.17) is 21.1 Å². The van der Waals surface area contributed by atoms with Crippen LogP contribution in [0.25, 0.3) is 0 Å². The molecule has 2 aromatic rings. The predicted octanol–water partition coefficient (Wildman–Crippen LogP) is 4.15. The van der Waals surface area contributed by atoms with Gasteiger partial charge in [0.1, 0.15) is 12.4 Å². The number of benzene rings is 2. The van der Waals surface area contributed by atoms with Gasteiger partial charge in [-0.1, -0.05) is 23.7 Å². The molecular formula is C18H18ClNO3. The summed E-state index contributed by atoms with van der Waals surface area (Å²) in [6, 6.07) is 14.2. The SMILES string of the molecule is O=C(Nc1cccc(Cl)c1)c1cccc(OCC2CCCO2)c1. The van der Waals surface area contributed by atoms with Crippen molar-refractivity contribution in [2.45, 2.75) is 18.9 Å². The van der Waals surface area contributed by atoms with Crippen molar-refractivity contribution < 1.29 is 14.3 Å². The van der Waals surface area contributed by atoms with Crippen LogP contribution in [0.1, 0.15) is 23.2 Å². The molecule has 120 valence electrons. The number of nitrogens with one attached hydrogen (secondary N) is 1. The van der Waals surface area contributed by atoms with E-state index < -0.39 is 0 Å². The summed E-state index contributed by atoms with van der Waals surface area (Å²) in [6.45, 7) is 1.31. The lowest BCUT2D eigenvalue weighted by Crippen LogP contribution is -2.17. The van der Waals surface area contributed by atoms with Gasteiger partial charge in [-0.05, 0) is 49.2 Å². The zero-order valence-electron chi connectivity index (χ0n) is 12.6. The minimum absolute atomic E-state index is 0.152. The van der Waals surface area contributed by atoms with Crippen LogP contribution >= 0.6 is 11.6 Å². The van der Waals surface area contributed by atoms with Crippen LogP contribution in [0.3, 0.4) is 0 Å². The molecule has 1 fully saturated rings. The van der Waals surface area contributed by atoms with Crippen LogP contribution in [0, 0.1) is 0 Å². The summed E-state index contributed by atoms with van der Waals surface area (Å²) in [5.41, 5.74) is 1.20. The van der Waals surface area contributed by atoms with Crippen LogP contribution in [0.4, 0.5) is 5.69 Å². The maximum atomic E-state index is 12.3. The van der Waals surface area contributed by atoms with E-state index in [0.717, 1.165) is 19.4 Å². The molecule has 5 heteroatoms. The number of anilines is 1. The van der Waals surface area contributed by atoms with Crippen LogP contribution in [-0.2, 0) is 4.74 Å². The van der Waals surface area contributed by atoms with Crippen LogP contribution in [0.2, 0.25) is 5.02 Å². The number of hydrogen-bond acceptors (Lipinski definition) is 3. The summed E-state index contributed by atoms with van der Waals surface area (Å²) in [5, 5.41) is 3.40. The van der Waals surface area contributed by atoms with Crippen LogP contribution < -0.4 is 10.1 Å². The zero-order chi connectivity index (χ0) is 16.1. The zero-order valence-corrected chi connectivity index (χ0v) is 13.4. The Labute approximate surface area is 140 Å². The molecule has 1 unspecified atom stereocenters. The molecule has 3 rings (SSSR count). The second-order valence-electron chi connectivity index (χ2n) is 5.44. The first-order valence-corrected chi connectivity index (χ1v) is 8.00. The summed E-state index contributed by atoms with van der Waals surface area (Å²) in [5.74, 6) is 0.467. The van der Waals surface area contributed by atoms with E-state index in [9.17, 15) is 4.79 Å². The first kappa shape index (κ1) is 15.8. The molecule has 0 spiro atoms. The first-order chi connectivity index (χ1) is 11.2. The van der Waals surface area contributed by atoms with Crippen molar-refractivity contribution in [3.63, 3.8) is 0 Å². The molecule has 1 heterocycles.